The van der Waals surface area contributed by atoms with Crippen molar-refractivity contribution in [3.8, 4) is 0 Å². The van der Waals surface area contributed by atoms with E-state index in [2.05, 4.69) is 5.10 Å². The number of esters is 1. The molecule has 0 radical (unpaired) electrons. The van der Waals surface area contributed by atoms with E-state index in [4.69, 9.17) is 10.5 Å². The smallest absolute Gasteiger partial charge is 0.325 e. The van der Waals surface area contributed by atoms with E-state index >= 15 is 0 Å². The Balaban J connectivity index is 2.80. The van der Waals surface area contributed by atoms with Crippen LogP contribution in [0.1, 0.15) is 32.4 Å². The SMILES string of the molecule is CCOC(=O)CN(C(=O)C(N)c1cnn(C)c1)C(C)C. The number of nitrogens with two attached hydrogens (primary N) is 1. The molecule has 0 fully saturated rings. The minimum atomic E-state index is -0.833. The van der Waals surface area contributed by atoms with Crippen LogP contribution in [-0.2, 0) is 21.4 Å². The zero-order chi connectivity index (χ0) is 15.3. The first-order valence-electron chi connectivity index (χ1n) is 6.57. The predicted molar refractivity (Wildman–Crippen MR) is 73.6 cm³/mol. The van der Waals surface area contributed by atoms with Gasteiger partial charge in [-0.3, -0.25) is 14.3 Å². The van der Waals surface area contributed by atoms with Crippen LogP contribution in [-0.4, -0.2) is 45.8 Å². The van der Waals surface area contributed by atoms with Gasteiger partial charge in [-0.15, -0.1) is 0 Å². The molecule has 0 saturated carbocycles. The van der Waals surface area contributed by atoms with Crippen LogP contribution in [0, 0.1) is 0 Å². The lowest BCUT2D eigenvalue weighted by molar-refractivity contribution is -0.150. The third kappa shape index (κ3) is 4.06. The third-order valence-corrected chi connectivity index (χ3v) is 2.86. The molecule has 0 aliphatic rings. The molecule has 0 aromatic carbocycles. The molecule has 112 valence electrons. The number of carbonyl (C=O) groups excluding carboxylic acids is 2. The van der Waals surface area contributed by atoms with Crippen LogP contribution in [0.5, 0.6) is 0 Å². The maximum Gasteiger partial charge on any atom is 0.325 e. The normalized spacial score (nSPS) is 12.3. The summed E-state index contributed by atoms with van der Waals surface area (Å²) in [6.07, 6.45) is 3.23. The Morgan fingerprint density at radius 2 is 2.15 bits per heavy atom. The Bertz CT molecular complexity index is 470. The number of nitrogens with zero attached hydrogens (tertiary/aromatic N) is 3. The van der Waals surface area contributed by atoms with Gasteiger partial charge in [0.2, 0.25) is 5.91 Å². The van der Waals surface area contributed by atoms with Gasteiger partial charge in [0.05, 0.1) is 12.8 Å². The Labute approximate surface area is 118 Å². The number of hydrogen-bond acceptors (Lipinski definition) is 5. The highest BCUT2D eigenvalue weighted by Gasteiger charge is 2.27. The van der Waals surface area contributed by atoms with Gasteiger partial charge in [-0.1, -0.05) is 0 Å². The molecular weight excluding hydrogens is 260 g/mol. The molecule has 0 spiro atoms. The van der Waals surface area contributed by atoms with Crippen LogP contribution in [0.3, 0.4) is 0 Å². The molecule has 0 aliphatic heterocycles. The van der Waals surface area contributed by atoms with Crippen LogP contribution in [0.15, 0.2) is 12.4 Å². The van der Waals surface area contributed by atoms with Gasteiger partial charge in [0.1, 0.15) is 12.6 Å². The fourth-order valence-electron chi connectivity index (χ4n) is 1.78. The van der Waals surface area contributed by atoms with Crippen molar-refractivity contribution in [3.05, 3.63) is 18.0 Å². The van der Waals surface area contributed by atoms with E-state index < -0.39 is 12.0 Å². The molecule has 2 N–H and O–H groups in total. The highest BCUT2D eigenvalue weighted by molar-refractivity contribution is 5.86. The highest BCUT2D eigenvalue weighted by Crippen LogP contribution is 2.14. The van der Waals surface area contributed by atoms with Crippen molar-refractivity contribution < 1.29 is 14.3 Å². The van der Waals surface area contributed by atoms with E-state index in [1.165, 1.54) is 4.90 Å². The fourth-order valence-corrected chi connectivity index (χ4v) is 1.78. The summed E-state index contributed by atoms with van der Waals surface area (Å²) in [5, 5.41) is 3.99. The van der Waals surface area contributed by atoms with E-state index in [0.29, 0.717) is 5.56 Å². The molecule has 1 aromatic rings. The predicted octanol–water partition coefficient (Wildman–Crippen LogP) is 0.220. The van der Waals surface area contributed by atoms with Crippen molar-refractivity contribution in [2.24, 2.45) is 12.8 Å². The molecule has 1 amide bonds. The summed E-state index contributed by atoms with van der Waals surface area (Å²) in [5.41, 5.74) is 6.56. The molecule has 7 heteroatoms. The number of amides is 1. The molecule has 1 unspecified atom stereocenters. The Morgan fingerprint density at radius 3 is 2.60 bits per heavy atom. The molecule has 1 aromatic heterocycles. The highest BCUT2D eigenvalue weighted by atomic mass is 16.5. The van der Waals surface area contributed by atoms with Crippen LogP contribution in [0.25, 0.3) is 0 Å². The summed E-state index contributed by atoms with van der Waals surface area (Å²) in [6, 6.07) is -0.977. The topological polar surface area (TPSA) is 90.4 Å². The number of rotatable bonds is 6. The lowest BCUT2D eigenvalue weighted by atomic mass is 10.1. The number of carbonyl (C=O) groups is 2. The maximum absolute atomic E-state index is 12.4. The third-order valence-electron chi connectivity index (χ3n) is 2.86. The van der Waals surface area contributed by atoms with Crippen molar-refractivity contribution in [1.29, 1.82) is 0 Å². The summed E-state index contributed by atoms with van der Waals surface area (Å²) in [7, 11) is 1.75. The van der Waals surface area contributed by atoms with E-state index in [1.807, 2.05) is 13.8 Å². The fraction of sp³-hybridized carbons (Fsp3) is 0.615. The largest absolute Gasteiger partial charge is 0.465 e. The maximum atomic E-state index is 12.4. The van der Waals surface area contributed by atoms with Crippen molar-refractivity contribution >= 4 is 11.9 Å². The zero-order valence-corrected chi connectivity index (χ0v) is 12.4. The minimum absolute atomic E-state index is 0.0989. The van der Waals surface area contributed by atoms with Crippen LogP contribution >= 0.6 is 0 Å². The van der Waals surface area contributed by atoms with Gasteiger partial charge >= 0.3 is 5.97 Å². The molecule has 0 saturated heterocycles. The van der Waals surface area contributed by atoms with Crippen molar-refractivity contribution in [3.63, 3.8) is 0 Å². The second-order valence-corrected chi connectivity index (χ2v) is 4.79. The van der Waals surface area contributed by atoms with Crippen LogP contribution in [0.2, 0.25) is 0 Å². The van der Waals surface area contributed by atoms with Gasteiger partial charge < -0.3 is 15.4 Å². The molecule has 20 heavy (non-hydrogen) atoms. The van der Waals surface area contributed by atoms with E-state index in [0.717, 1.165) is 0 Å². The minimum Gasteiger partial charge on any atom is -0.465 e. The molecular formula is C13H22N4O3. The molecule has 0 aliphatic carbocycles. The van der Waals surface area contributed by atoms with Crippen molar-refractivity contribution in [2.75, 3.05) is 13.2 Å². The van der Waals surface area contributed by atoms with Crippen molar-refractivity contribution in [2.45, 2.75) is 32.9 Å². The van der Waals surface area contributed by atoms with E-state index in [9.17, 15) is 9.59 Å². The Morgan fingerprint density at radius 1 is 1.50 bits per heavy atom. The second kappa shape index (κ2) is 7.04. The van der Waals surface area contributed by atoms with Crippen LogP contribution in [0.4, 0.5) is 0 Å². The lowest BCUT2D eigenvalue weighted by Gasteiger charge is -2.28. The summed E-state index contributed by atoms with van der Waals surface area (Å²) in [4.78, 5) is 25.4. The number of hydrogen-bond donors (Lipinski definition) is 1. The van der Waals surface area contributed by atoms with E-state index in [-0.39, 0.29) is 25.1 Å². The first-order chi connectivity index (χ1) is 9.36. The molecule has 0 bridgehead atoms. The molecule has 1 rings (SSSR count). The number of aryl methyl sites for hydroxylation is 1. The van der Waals surface area contributed by atoms with Crippen LogP contribution < -0.4 is 5.73 Å². The molecule has 7 nitrogen and oxygen atoms in total. The van der Waals surface area contributed by atoms with E-state index in [1.54, 1.807) is 31.0 Å². The Kier molecular flexibility index (Phi) is 5.69. The zero-order valence-electron chi connectivity index (χ0n) is 12.4. The first kappa shape index (κ1) is 16.2. The molecule has 1 atom stereocenters. The van der Waals surface area contributed by atoms with Gasteiger partial charge in [0.15, 0.2) is 0 Å². The Hall–Kier alpha value is -1.89. The summed E-state index contributed by atoms with van der Waals surface area (Å²) in [6.45, 7) is 5.56. The second-order valence-electron chi connectivity index (χ2n) is 4.79. The summed E-state index contributed by atoms with van der Waals surface area (Å²) >= 11 is 0. The van der Waals surface area contributed by atoms with Gasteiger partial charge in [0.25, 0.3) is 0 Å². The summed E-state index contributed by atoms with van der Waals surface area (Å²) < 4.78 is 6.45. The number of aromatic nitrogens is 2. The van der Waals surface area contributed by atoms with Gasteiger partial charge in [-0.25, -0.2) is 0 Å². The first-order valence-corrected chi connectivity index (χ1v) is 6.57. The van der Waals surface area contributed by atoms with Crippen molar-refractivity contribution in [1.82, 2.24) is 14.7 Å². The number of ether oxygens (including phenoxy) is 1. The average molecular weight is 282 g/mol. The quantitative estimate of drug-likeness (QED) is 0.754. The lowest BCUT2D eigenvalue weighted by Crippen LogP contribution is -2.45. The summed E-state index contributed by atoms with van der Waals surface area (Å²) in [5.74, 6) is -0.756. The standard InChI is InChI=1S/C13H22N4O3/c1-5-20-11(18)8-17(9(2)3)13(19)12(14)10-6-15-16(4)7-10/h6-7,9,12H,5,8,14H2,1-4H3. The van der Waals surface area contributed by atoms with Gasteiger partial charge in [0, 0.05) is 24.8 Å². The average Bonchev–Trinajstić information content (AvgIpc) is 2.81. The van der Waals surface area contributed by atoms with Gasteiger partial charge in [-0.05, 0) is 20.8 Å². The van der Waals surface area contributed by atoms with Gasteiger partial charge in [-0.2, -0.15) is 5.10 Å². The molecule has 1 heterocycles. The monoisotopic (exact) mass is 282 g/mol.